The zero-order valence-corrected chi connectivity index (χ0v) is 10.3. The van der Waals surface area contributed by atoms with Gasteiger partial charge in [0, 0.05) is 0 Å². The Kier molecular flexibility index (Phi) is 4.69. The van der Waals surface area contributed by atoms with E-state index in [4.69, 9.17) is 5.11 Å². The molecule has 0 saturated carbocycles. The quantitative estimate of drug-likeness (QED) is 0.667. The Balaban J connectivity index is 2.90. The summed E-state index contributed by atoms with van der Waals surface area (Å²) in [5.74, 6) is -7.62. The van der Waals surface area contributed by atoms with Crippen LogP contribution in [0.1, 0.15) is 5.56 Å². The molecule has 0 radical (unpaired) electrons. The lowest BCUT2D eigenvalue weighted by Gasteiger charge is -2.17. The Morgan fingerprint density at radius 1 is 1.33 bits per heavy atom. The highest BCUT2D eigenvalue weighted by Gasteiger charge is 2.36. The number of aliphatic carboxylic acids is 1. The van der Waals surface area contributed by atoms with Crippen LogP contribution in [0.4, 0.5) is 17.6 Å². The summed E-state index contributed by atoms with van der Waals surface area (Å²) in [6.45, 7) is -2.30. The third-order valence-corrected chi connectivity index (χ3v) is 2.52. The standard InChI is InChI=1S/C10H7BrF4O3/c11-6-2-7(12)5(1-8(6)13)10(14,15)4-18-3-9(16)17/h1-2H,3-4H2,(H,16,17). The number of carbonyl (C=O) groups is 1. The number of benzene rings is 1. The summed E-state index contributed by atoms with van der Waals surface area (Å²) in [7, 11) is 0. The van der Waals surface area contributed by atoms with Crippen LogP contribution < -0.4 is 0 Å². The molecule has 18 heavy (non-hydrogen) atoms. The molecule has 8 heteroatoms. The first-order valence-corrected chi connectivity index (χ1v) is 5.35. The van der Waals surface area contributed by atoms with E-state index < -0.39 is 42.3 Å². The Bertz CT molecular complexity index is 465. The van der Waals surface area contributed by atoms with Crippen molar-refractivity contribution in [1.29, 1.82) is 0 Å². The molecule has 0 saturated heterocycles. The molecule has 0 aliphatic carbocycles. The SMILES string of the molecule is O=C(O)COCC(F)(F)c1cc(F)c(Br)cc1F. The van der Waals surface area contributed by atoms with Gasteiger partial charge in [0.25, 0.3) is 5.92 Å². The van der Waals surface area contributed by atoms with Gasteiger partial charge in [-0.2, -0.15) is 8.78 Å². The van der Waals surface area contributed by atoms with E-state index in [-0.39, 0.29) is 4.47 Å². The van der Waals surface area contributed by atoms with Crippen LogP contribution in [0.2, 0.25) is 0 Å². The minimum atomic E-state index is -3.82. The fourth-order valence-corrected chi connectivity index (χ4v) is 1.46. The number of hydrogen-bond acceptors (Lipinski definition) is 2. The van der Waals surface area contributed by atoms with E-state index in [1.807, 2.05) is 0 Å². The van der Waals surface area contributed by atoms with Gasteiger partial charge in [-0.1, -0.05) is 0 Å². The molecule has 0 bridgehead atoms. The van der Waals surface area contributed by atoms with Crippen molar-refractivity contribution in [3.05, 3.63) is 33.8 Å². The molecule has 100 valence electrons. The lowest BCUT2D eigenvalue weighted by Crippen LogP contribution is -2.24. The van der Waals surface area contributed by atoms with Crippen LogP contribution in [0.25, 0.3) is 0 Å². The van der Waals surface area contributed by atoms with E-state index in [1.165, 1.54) is 0 Å². The van der Waals surface area contributed by atoms with E-state index in [0.717, 1.165) is 0 Å². The van der Waals surface area contributed by atoms with Gasteiger partial charge in [-0.05, 0) is 28.1 Å². The zero-order chi connectivity index (χ0) is 13.9. The van der Waals surface area contributed by atoms with Gasteiger partial charge in [0.05, 0.1) is 10.0 Å². The second-order valence-corrected chi connectivity index (χ2v) is 4.19. The van der Waals surface area contributed by atoms with Crippen molar-refractivity contribution >= 4 is 21.9 Å². The number of rotatable bonds is 5. The number of halogens is 5. The second-order valence-electron chi connectivity index (χ2n) is 3.34. The van der Waals surface area contributed by atoms with Crippen LogP contribution in [-0.2, 0) is 15.5 Å². The van der Waals surface area contributed by atoms with Crippen molar-refractivity contribution in [2.24, 2.45) is 0 Å². The van der Waals surface area contributed by atoms with Crippen molar-refractivity contribution < 1.29 is 32.2 Å². The van der Waals surface area contributed by atoms with Gasteiger partial charge in [0.15, 0.2) is 0 Å². The summed E-state index contributed by atoms with van der Waals surface area (Å²) in [6.07, 6.45) is 0. The van der Waals surface area contributed by atoms with Crippen molar-refractivity contribution in [2.45, 2.75) is 5.92 Å². The predicted octanol–water partition coefficient (Wildman–Crippen LogP) is 2.92. The number of ether oxygens (including phenoxy) is 1. The molecule has 0 fully saturated rings. The monoisotopic (exact) mass is 330 g/mol. The average Bonchev–Trinajstić information content (AvgIpc) is 2.22. The van der Waals surface area contributed by atoms with Gasteiger partial charge in [-0.3, -0.25) is 0 Å². The number of hydrogen-bond donors (Lipinski definition) is 1. The second kappa shape index (κ2) is 5.66. The Hall–Kier alpha value is -1.15. The molecular weight excluding hydrogens is 324 g/mol. The van der Waals surface area contributed by atoms with Crippen molar-refractivity contribution in [1.82, 2.24) is 0 Å². The molecule has 3 nitrogen and oxygen atoms in total. The summed E-state index contributed by atoms with van der Waals surface area (Å²) in [5, 5.41) is 8.21. The Morgan fingerprint density at radius 3 is 2.50 bits per heavy atom. The summed E-state index contributed by atoms with van der Waals surface area (Å²) < 4.78 is 57.1. The lowest BCUT2D eigenvalue weighted by molar-refractivity contribution is -0.147. The van der Waals surface area contributed by atoms with Crippen LogP contribution in [0.5, 0.6) is 0 Å². The minimum Gasteiger partial charge on any atom is -0.480 e. The highest BCUT2D eigenvalue weighted by atomic mass is 79.9. The molecule has 0 spiro atoms. The van der Waals surface area contributed by atoms with Crippen LogP contribution in [-0.4, -0.2) is 24.3 Å². The predicted molar refractivity (Wildman–Crippen MR) is 56.4 cm³/mol. The first-order chi connectivity index (χ1) is 8.24. The van der Waals surface area contributed by atoms with Crippen LogP contribution in [0, 0.1) is 11.6 Å². The van der Waals surface area contributed by atoms with E-state index in [2.05, 4.69) is 20.7 Å². The van der Waals surface area contributed by atoms with Crippen molar-refractivity contribution in [2.75, 3.05) is 13.2 Å². The third-order valence-electron chi connectivity index (χ3n) is 1.91. The average molecular weight is 331 g/mol. The van der Waals surface area contributed by atoms with Crippen molar-refractivity contribution in [3.8, 4) is 0 Å². The molecule has 1 rings (SSSR count). The molecule has 0 aromatic heterocycles. The minimum absolute atomic E-state index is 0.286. The Morgan fingerprint density at radius 2 is 1.94 bits per heavy atom. The highest BCUT2D eigenvalue weighted by molar-refractivity contribution is 9.10. The lowest BCUT2D eigenvalue weighted by atomic mass is 10.1. The normalized spacial score (nSPS) is 11.6. The van der Waals surface area contributed by atoms with Gasteiger partial charge < -0.3 is 9.84 Å². The Labute approximate surface area is 107 Å². The summed E-state index contributed by atoms with van der Waals surface area (Å²) in [5.41, 5.74) is -1.19. The van der Waals surface area contributed by atoms with E-state index in [0.29, 0.717) is 12.1 Å². The first kappa shape index (κ1) is 14.9. The molecular formula is C10H7BrF4O3. The summed E-state index contributed by atoms with van der Waals surface area (Å²) in [6, 6.07) is 0.902. The zero-order valence-electron chi connectivity index (χ0n) is 8.72. The van der Waals surface area contributed by atoms with E-state index in [1.54, 1.807) is 0 Å². The fourth-order valence-electron chi connectivity index (χ4n) is 1.15. The molecule has 0 aliphatic heterocycles. The first-order valence-electron chi connectivity index (χ1n) is 4.56. The topological polar surface area (TPSA) is 46.5 Å². The molecule has 0 unspecified atom stereocenters. The molecule has 1 N–H and O–H groups in total. The molecule has 1 aromatic carbocycles. The molecule has 0 aliphatic rings. The van der Waals surface area contributed by atoms with E-state index >= 15 is 0 Å². The number of carboxylic acid groups (broad SMARTS) is 1. The van der Waals surface area contributed by atoms with E-state index in [9.17, 15) is 22.4 Å². The van der Waals surface area contributed by atoms with Crippen LogP contribution in [0.15, 0.2) is 16.6 Å². The smallest absolute Gasteiger partial charge is 0.329 e. The van der Waals surface area contributed by atoms with Gasteiger partial charge in [0.1, 0.15) is 24.8 Å². The highest BCUT2D eigenvalue weighted by Crippen LogP contribution is 2.33. The molecule has 1 aromatic rings. The maximum atomic E-state index is 13.4. The van der Waals surface area contributed by atoms with Crippen LogP contribution >= 0.6 is 15.9 Å². The maximum absolute atomic E-state index is 13.4. The fraction of sp³-hybridized carbons (Fsp3) is 0.300. The molecule has 0 amide bonds. The van der Waals surface area contributed by atoms with Crippen molar-refractivity contribution in [3.63, 3.8) is 0 Å². The molecule has 0 atom stereocenters. The number of alkyl halides is 2. The van der Waals surface area contributed by atoms with Crippen LogP contribution in [0.3, 0.4) is 0 Å². The third kappa shape index (κ3) is 3.67. The van der Waals surface area contributed by atoms with Gasteiger partial charge in [-0.15, -0.1) is 0 Å². The van der Waals surface area contributed by atoms with Gasteiger partial charge >= 0.3 is 5.97 Å². The molecule has 0 heterocycles. The maximum Gasteiger partial charge on any atom is 0.329 e. The van der Waals surface area contributed by atoms with Gasteiger partial charge in [0.2, 0.25) is 0 Å². The summed E-state index contributed by atoms with van der Waals surface area (Å²) >= 11 is 2.65. The largest absolute Gasteiger partial charge is 0.480 e. The summed E-state index contributed by atoms with van der Waals surface area (Å²) in [4.78, 5) is 10.1. The van der Waals surface area contributed by atoms with Gasteiger partial charge in [-0.25, -0.2) is 13.6 Å². The number of carboxylic acids is 1.